The van der Waals surface area contributed by atoms with E-state index >= 15 is 0 Å². The second kappa shape index (κ2) is 6.99. The van der Waals surface area contributed by atoms with E-state index in [0.29, 0.717) is 12.2 Å². The van der Waals surface area contributed by atoms with E-state index in [1.165, 1.54) is 24.3 Å². The van der Waals surface area contributed by atoms with Gasteiger partial charge in [-0.25, -0.2) is 0 Å². The normalized spacial score (nSPS) is 10.1. The number of carbonyl (C=O) groups excluding carboxylic acids is 1. The minimum absolute atomic E-state index is 0.0374. The van der Waals surface area contributed by atoms with Crippen LogP contribution in [0.3, 0.4) is 0 Å². The summed E-state index contributed by atoms with van der Waals surface area (Å²) in [6.07, 6.45) is 0.831. The van der Waals surface area contributed by atoms with Gasteiger partial charge in [0.15, 0.2) is 0 Å². The van der Waals surface area contributed by atoms with Crippen LogP contribution >= 0.6 is 15.9 Å². The van der Waals surface area contributed by atoms with Crippen molar-refractivity contribution < 1.29 is 14.5 Å². The zero-order valence-electron chi connectivity index (χ0n) is 11.0. The highest BCUT2D eigenvalue weighted by Crippen LogP contribution is 2.18. The molecule has 0 amide bonds. The highest BCUT2D eigenvalue weighted by Gasteiger charge is 2.08. The molecule has 5 nitrogen and oxygen atoms in total. The third kappa shape index (κ3) is 4.68. The predicted molar refractivity (Wildman–Crippen MR) is 81.2 cm³/mol. The molecule has 0 heterocycles. The van der Waals surface area contributed by atoms with Gasteiger partial charge in [-0.1, -0.05) is 28.1 Å². The maximum absolute atomic E-state index is 11.7. The Morgan fingerprint density at radius 1 is 1.10 bits per heavy atom. The lowest BCUT2D eigenvalue weighted by molar-refractivity contribution is -0.384. The van der Waals surface area contributed by atoms with E-state index in [9.17, 15) is 14.9 Å². The Bertz CT molecular complexity index is 638. The minimum atomic E-state index is -0.501. The summed E-state index contributed by atoms with van der Waals surface area (Å²) in [7, 11) is 0. The van der Waals surface area contributed by atoms with Crippen molar-refractivity contribution in [1.29, 1.82) is 0 Å². The molecule has 6 heteroatoms. The fourth-order valence-corrected chi connectivity index (χ4v) is 1.98. The van der Waals surface area contributed by atoms with E-state index in [1.54, 1.807) is 0 Å². The Balaban J connectivity index is 1.86. The Kier molecular flexibility index (Phi) is 5.05. The van der Waals surface area contributed by atoms with Crippen LogP contribution in [0.25, 0.3) is 0 Å². The molecule has 2 rings (SSSR count). The van der Waals surface area contributed by atoms with Gasteiger partial charge >= 0.3 is 5.97 Å². The van der Waals surface area contributed by atoms with E-state index in [4.69, 9.17) is 4.74 Å². The number of benzene rings is 2. The minimum Gasteiger partial charge on any atom is -0.427 e. The van der Waals surface area contributed by atoms with Crippen LogP contribution in [-0.4, -0.2) is 10.9 Å². The molecule has 0 fully saturated rings. The number of nitrogens with zero attached hydrogens (tertiary/aromatic N) is 1. The molecule has 108 valence electrons. The molecular weight excluding hydrogens is 338 g/mol. The van der Waals surface area contributed by atoms with Gasteiger partial charge in [-0.05, 0) is 36.2 Å². The second-order valence-electron chi connectivity index (χ2n) is 4.35. The van der Waals surface area contributed by atoms with Crippen molar-refractivity contribution in [3.8, 4) is 5.75 Å². The van der Waals surface area contributed by atoms with Crippen LogP contribution in [0.15, 0.2) is 53.0 Å². The summed E-state index contributed by atoms with van der Waals surface area (Å²) in [5.74, 6) is -0.0619. The molecule has 0 saturated carbocycles. The SMILES string of the molecule is O=C(CCc1ccc(Br)cc1)Oc1ccc([N+](=O)[O-])cc1. The summed E-state index contributed by atoms with van der Waals surface area (Å²) in [6, 6.07) is 13.1. The fourth-order valence-electron chi connectivity index (χ4n) is 1.72. The van der Waals surface area contributed by atoms with Gasteiger partial charge in [0.2, 0.25) is 0 Å². The van der Waals surface area contributed by atoms with Gasteiger partial charge in [0.25, 0.3) is 5.69 Å². The molecule has 0 aromatic heterocycles. The number of non-ortho nitro benzene ring substituents is 1. The van der Waals surface area contributed by atoms with Crippen LogP contribution in [-0.2, 0) is 11.2 Å². The summed E-state index contributed by atoms with van der Waals surface area (Å²) >= 11 is 3.35. The molecular formula is C15H12BrNO4. The quantitative estimate of drug-likeness (QED) is 0.355. The monoisotopic (exact) mass is 349 g/mol. The zero-order valence-corrected chi connectivity index (χ0v) is 12.6. The summed E-state index contributed by atoms with van der Waals surface area (Å²) in [5, 5.41) is 10.5. The van der Waals surface area contributed by atoms with Crippen molar-refractivity contribution in [1.82, 2.24) is 0 Å². The lowest BCUT2D eigenvalue weighted by Crippen LogP contribution is -2.09. The first-order valence-electron chi connectivity index (χ1n) is 6.24. The van der Waals surface area contributed by atoms with E-state index in [0.717, 1.165) is 10.0 Å². The van der Waals surface area contributed by atoms with Crippen molar-refractivity contribution in [3.63, 3.8) is 0 Å². The zero-order chi connectivity index (χ0) is 15.2. The molecule has 0 aliphatic carbocycles. The maximum Gasteiger partial charge on any atom is 0.311 e. The van der Waals surface area contributed by atoms with Gasteiger partial charge in [-0.15, -0.1) is 0 Å². The maximum atomic E-state index is 11.7. The highest BCUT2D eigenvalue weighted by molar-refractivity contribution is 9.10. The Hall–Kier alpha value is -2.21. The number of nitro groups is 1. The molecule has 21 heavy (non-hydrogen) atoms. The summed E-state index contributed by atoms with van der Waals surface area (Å²) in [6.45, 7) is 0. The number of aryl methyl sites for hydroxylation is 1. The number of nitro benzene ring substituents is 1. The van der Waals surface area contributed by atoms with Gasteiger partial charge in [0, 0.05) is 23.0 Å². The van der Waals surface area contributed by atoms with Crippen LogP contribution in [0.4, 0.5) is 5.69 Å². The van der Waals surface area contributed by atoms with Crippen LogP contribution in [0.5, 0.6) is 5.75 Å². The average Bonchev–Trinajstić information content (AvgIpc) is 2.47. The Labute approximate surface area is 129 Å². The third-order valence-corrected chi connectivity index (χ3v) is 3.34. The number of hydrogen-bond acceptors (Lipinski definition) is 4. The predicted octanol–water partition coefficient (Wildman–Crippen LogP) is 3.90. The van der Waals surface area contributed by atoms with Crippen LogP contribution in [0.1, 0.15) is 12.0 Å². The third-order valence-electron chi connectivity index (χ3n) is 2.81. The topological polar surface area (TPSA) is 69.4 Å². The first-order valence-corrected chi connectivity index (χ1v) is 7.03. The van der Waals surface area contributed by atoms with Crippen molar-refractivity contribution >= 4 is 27.6 Å². The van der Waals surface area contributed by atoms with Crippen molar-refractivity contribution in [2.24, 2.45) is 0 Å². The summed E-state index contributed by atoms with van der Waals surface area (Å²) in [5.41, 5.74) is 1.00. The lowest BCUT2D eigenvalue weighted by Gasteiger charge is -2.04. The van der Waals surface area contributed by atoms with E-state index in [-0.39, 0.29) is 18.1 Å². The molecule has 0 saturated heterocycles. The molecule has 2 aromatic rings. The number of hydrogen-bond donors (Lipinski definition) is 0. The molecule has 0 aliphatic rings. The molecule has 0 spiro atoms. The van der Waals surface area contributed by atoms with Gasteiger partial charge in [0.05, 0.1) is 4.92 Å². The first kappa shape index (κ1) is 15.2. The Morgan fingerprint density at radius 2 is 1.71 bits per heavy atom. The van der Waals surface area contributed by atoms with E-state index < -0.39 is 4.92 Å². The lowest BCUT2D eigenvalue weighted by atomic mass is 10.1. The molecule has 0 aliphatic heterocycles. The van der Waals surface area contributed by atoms with E-state index in [1.807, 2.05) is 24.3 Å². The van der Waals surface area contributed by atoms with E-state index in [2.05, 4.69) is 15.9 Å². The fraction of sp³-hybridized carbons (Fsp3) is 0.133. The summed E-state index contributed by atoms with van der Waals surface area (Å²) in [4.78, 5) is 21.7. The average molecular weight is 350 g/mol. The number of carbonyl (C=O) groups is 1. The van der Waals surface area contributed by atoms with Gasteiger partial charge < -0.3 is 4.74 Å². The van der Waals surface area contributed by atoms with Crippen LogP contribution in [0, 0.1) is 10.1 Å². The molecule has 0 N–H and O–H groups in total. The van der Waals surface area contributed by atoms with Crippen molar-refractivity contribution in [2.75, 3.05) is 0 Å². The largest absolute Gasteiger partial charge is 0.427 e. The first-order chi connectivity index (χ1) is 10.0. The standard InChI is InChI=1S/C15H12BrNO4/c16-12-4-1-11(2-5-12)3-10-15(18)21-14-8-6-13(7-9-14)17(19)20/h1-2,4-9H,3,10H2. The number of rotatable bonds is 5. The number of esters is 1. The smallest absolute Gasteiger partial charge is 0.311 e. The van der Waals surface area contributed by atoms with Crippen molar-refractivity contribution in [2.45, 2.75) is 12.8 Å². The van der Waals surface area contributed by atoms with Crippen LogP contribution < -0.4 is 4.74 Å². The van der Waals surface area contributed by atoms with Gasteiger partial charge in [-0.2, -0.15) is 0 Å². The molecule has 0 unspecified atom stereocenters. The van der Waals surface area contributed by atoms with Crippen LogP contribution in [0.2, 0.25) is 0 Å². The van der Waals surface area contributed by atoms with Gasteiger partial charge in [-0.3, -0.25) is 14.9 Å². The second-order valence-corrected chi connectivity index (χ2v) is 5.27. The highest BCUT2D eigenvalue weighted by atomic mass is 79.9. The number of halogens is 1. The molecule has 2 aromatic carbocycles. The van der Waals surface area contributed by atoms with Crippen molar-refractivity contribution in [3.05, 3.63) is 68.7 Å². The number of ether oxygens (including phenoxy) is 1. The molecule has 0 radical (unpaired) electrons. The molecule has 0 atom stereocenters. The van der Waals surface area contributed by atoms with Gasteiger partial charge in [0.1, 0.15) is 5.75 Å². The summed E-state index contributed by atoms with van der Waals surface area (Å²) < 4.78 is 6.11. The Morgan fingerprint density at radius 3 is 2.29 bits per heavy atom. The molecule has 0 bridgehead atoms.